The van der Waals surface area contributed by atoms with Crippen molar-refractivity contribution in [3.8, 4) is 5.69 Å². The molecule has 3 aromatic rings. The number of hydrogen-bond donors (Lipinski definition) is 0. The third-order valence-electron chi connectivity index (χ3n) is 5.12. The molecule has 2 aromatic carbocycles. The van der Waals surface area contributed by atoms with Crippen molar-refractivity contribution in [3.05, 3.63) is 86.8 Å². The van der Waals surface area contributed by atoms with Crippen molar-refractivity contribution in [1.29, 1.82) is 0 Å². The highest BCUT2D eigenvalue weighted by molar-refractivity contribution is 6.33. The number of hydrogen-bond acceptors (Lipinski definition) is 4. The van der Waals surface area contributed by atoms with Crippen LogP contribution in [-0.2, 0) is 11.2 Å². The Kier molecular flexibility index (Phi) is 6.06. The molecule has 154 valence electrons. The van der Waals surface area contributed by atoms with Crippen LogP contribution in [0.3, 0.4) is 0 Å². The zero-order valence-corrected chi connectivity index (χ0v) is 17.7. The summed E-state index contributed by atoms with van der Waals surface area (Å²) in [6, 6.07) is 16.5. The molecular weight excluding hydrogens is 423 g/mol. The average molecular weight is 443 g/mol. The number of carbonyl (C=O) groups excluding carboxylic acids is 1. The fourth-order valence-electron chi connectivity index (χ4n) is 3.53. The van der Waals surface area contributed by atoms with E-state index in [4.69, 9.17) is 23.2 Å². The molecule has 6 nitrogen and oxygen atoms in total. The fraction of sp³-hybridized carbons (Fsp3) is 0.227. The van der Waals surface area contributed by atoms with Gasteiger partial charge in [-0.05, 0) is 29.8 Å². The van der Waals surface area contributed by atoms with Gasteiger partial charge in [0.05, 0.1) is 24.0 Å². The number of anilines is 1. The molecule has 1 amide bonds. The molecule has 4 rings (SSSR count). The van der Waals surface area contributed by atoms with Gasteiger partial charge < -0.3 is 9.80 Å². The van der Waals surface area contributed by atoms with Crippen LogP contribution in [0.5, 0.6) is 0 Å². The summed E-state index contributed by atoms with van der Waals surface area (Å²) in [6.07, 6.45) is 1.93. The second-order valence-corrected chi connectivity index (χ2v) is 7.89. The van der Waals surface area contributed by atoms with Crippen molar-refractivity contribution in [2.24, 2.45) is 0 Å². The highest BCUT2D eigenvalue weighted by Crippen LogP contribution is 2.23. The smallest absolute Gasteiger partial charge is 0.292 e. The van der Waals surface area contributed by atoms with E-state index in [2.05, 4.69) is 5.10 Å². The number of piperazine rings is 1. The van der Waals surface area contributed by atoms with E-state index in [1.54, 1.807) is 24.4 Å². The van der Waals surface area contributed by atoms with Crippen molar-refractivity contribution in [1.82, 2.24) is 14.7 Å². The van der Waals surface area contributed by atoms with Crippen molar-refractivity contribution in [2.45, 2.75) is 6.42 Å². The van der Waals surface area contributed by atoms with E-state index in [-0.39, 0.29) is 16.5 Å². The van der Waals surface area contributed by atoms with Gasteiger partial charge in [-0.2, -0.15) is 9.78 Å². The molecule has 1 aliphatic rings. The Balaban J connectivity index is 1.43. The van der Waals surface area contributed by atoms with Crippen LogP contribution in [0.4, 0.5) is 5.69 Å². The van der Waals surface area contributed by atoms with Gasteiger partial charge in [0.2, 0.25) is 5.91 Å². The molecular formula is C22H20Cl2N4O2. The summed E-state index contributed by atoms with van der Waals surface area (Å²) in [6.45, 7) is 2.27. The summed E-state index contributed by atoms with van der Waals surface area (Å²) >= 11 is 12.4. The Labute approximate surface area is 184 Å². The monoisotopic (exact) mass is 442 g/mol. The van der Waals surface area contributed by atoms with E-state index in [0.717, 1.165) is 5.56 Å². The molecule has 2 heterocycles. The minimum atomic E-state index is -0.361. The maximum absolute atomic E-state index is 12.7. The molecule has 1 aliphatic heterocycles. The molecule has 0 N–H and O–H groups in total. The molecule has 0 saturated carbocycles. The van der Waals surface area contributed by atoms with Gasteiger partial charge >= 0.3 is 0 Å². The Bertz CT molecular complexity index is 1110. The van der Waals surface area contributed by atoms with Gasteiger partial charge in [-0.15, -0.1) is 0 Å². The Morgan fingerprint density at radius 1 is 0.967 bits per heavy atom. The minimum absolute atomic E-state index is 0.0561. The van der Waals surface area contributed by atoms with Crippen molar-refractivity contribution in [3.63, 3.8) is 0 Å². The summed E-state index contributed by atoms with van der Waals surface area (Å²) in [7, 11) is 0. The largest absolute Gasteiger partial charge is 0.365 e. The standard InChI is InChI=1S/C22H20Cl2N4O2/c23-17-6-4-5-16(13-17)14-20(29)27-11-9-26(10-12-27)19-15-25-28(22(30)21(19)24)18-7-2-1-3-8-18/h1-8,13,15H,9-12,14H2. The number of rotatable bonds is 4. The SMILES string of the molecule is O=C(Cc1cccc(Cl)c1)N1CCN(c2cnn(-c3ccccc3)c(=O)c2Cl)CC1. The van der Waals surface area contributed by atoms with E-state index in [9.17, 15) is 9.59 Å². The first kappa shape index (κ1) is 20.4. The molecule has 0 spiro atoms. The molecule has 1 aromatic heterocycles. The van der Waals surface area contributed by atoms with Crippen molar-refractivity contribution in [2.75, 3.05) is 31.1 Å². The zero-order valence-electron chi connectivity index (χ0n) is 16.2. The van der Waals surface area contributed by atoms with Crippen LogP contribution in [0.25, 0.3) is 5.69 Å². The molecule has 30 heavy (non-hydrogen) atoms. The minimum Gasteiger partial charge on any atom is -0.365 e. The second kappa shape index (κ2) is 8.90. The summed E-state index contributed by atoms with van der Waals surface area (Å²) in [4.78, 5) is 29.1. The Morgan fingerprint density at radius 3 is 2.40 bits per heavy atom. The van der Waals surface area contributed by atoms with E-state index < -0.39 is 0 Å². The van der Waals surface area contributed by atoms with Gasteiger partial charge in [0, 0.05) is 31.2 Å². The van der Waals surface area contributed by atoms with Gasteiger partial charge in [-0.25, -0.2) is 0 Å². The van der Waals surface area contributed by atoms with E-state index in [1.807, 2.05) is 46.2 Å². The summed E-state index contributed by atoms with van der Waals surface area (Å²) in [5.74, 6) is 0.0561. The van der Waals surface area contributed by atoms with Crippen LogP contribution in [0.15, 0.2) is 65.6 Å². The van der Waals surface area contributed by atoms with Crippen LogP contribution in [0, 0.1) is 0 Å². The molecule has 0 unspecified atom stereocenters. The lowest BCUT2D eigenvalue weighted by Gasteiger charge is -2.36. The Hall–Kier alpha value is -2.83. The number of carbonyl (C=O) groups is 1. The maximum Gasteiger partial charge on any atom is 0.292 e. The lowest BCUT2D eigenvalue weighted by Crippen LogP contribution is -2.49. The van der Waals surface area contributed by atoms with Gasteiger partial charge in [-0.1, -0.05) is 53.5 Å². The fourth-order valence-corrected chi connectivity index (χ4v) is 3.99. The molecule has 0 radical (unpaired) electrons. The molecule has 0 aliphatic carbocycles. The van der Waals surface area contributed by atoms with E-state index >= 15 is 0 Å². The van der Waals surface area contributed by atoms with Gasteiger partial charge in [0.1, 0.15) is 5.02 Å². The first-order valence-corrected chi connectivity index (χ1v) is 10.4. The third-order valence-corrected chi connectivity index (χ3v) is 5.71. The number of amides is 1. The second-order valence-electron chi connectivity index (χ2n) is 7.07. The van der Waals surface area contributed by atoms with E-state index in [1.165, 1.54) is 4.68 Å². The van der Waals surface area contributed by atoms with E-state index in [0.29, 0.717) is 49.0 Å². The highest BCUT2D eigenvalue weighted by Gasteiger charge is 2.24. The molecule has 1 saturated heterocycles. The highest BCUT2D eigenvalue weighted by atomic mass is 35.5. The first-order valence-electron chi connectivity index (χ1n) is 9.63. The summed E-state index contributed by atoms with van der Waals surface area (Å²) in [5.41, 5.74) is 1.79. The summed E-state index contributed by atoms with van der Waals surface area (Å²) in [5, 5.41) is 5.04. The summed E-state index contributed by atoms with van der Waals surface area (Å²) < 4.78 is 1.29. The van der Waals surface area contributed by atoms with Crippen LogP contribution in [-0.4, -0.2) is 46.8 Å². The molecule has 0 atom stereocenters. The lowest BCUT2D eigenvalue weighted by molar-refractivity contribution is -0.130. The van der Waals surface area contributed by atoms with Gasteiger partial charge in [0.15, 0.2) is 0 Å². The van der Waals surface area contributed by atoms with Crippen molar-refractivity contribution < 1.29 is 4.79 Å². The van der Waals surface area contributed by atoms with Crippen LogP contribution in [0.2, 0.25) is 10.0 Å². The molecule has 8 heteroatoms. The van der Waals surface area contributed by atoms with Gasteiger partial charge in [-0.3, -0.25) is 9.59 Å². The Morgan fingerprint density at radius 2 is 1.70 bits per heavy atom. The van der Waals surface area contributed by atoms with Crippen LogP contribution < -0.4 is 10.5 Å². The zero-order chi connectivity index (χ0) is 21.1. The third kappa shape index (κ3) is 4.35. The number of nitrogens with zero attached hydrogens (tertiary/aromatic N) is 4. The topological polar surface area (TPSA) is 58.4 Å². The van der Waals surface area contributed by atoms with Crippen molar-refractivity contribution >= 4 is 34.8 Å². The normalized spacial score (nSPS) is 14.1. The predicted molar refractivity (Wildman–Crippen MR) is 119 cm³/mol. The lowest BCUT2D eigenvalue weighted by atomic mass is 10.1. The number of halogens is 2. The predicted octanol–water partition coefficient (Wildman–Crippen LogP) is 3.43. The molecule has 0 bridgehead atoms. The quantitative estimate of drug-likeness (QED) is 0.620. The van der Waals surface area contributed by atoms with Crippen LogP contribution >= 0.6 is 23.2 Å². The first-order chi connectivity index (χ1) is 14.5. The maximum atomic E-state index is 12.7. The number of para-hydroxylation sites is 1. The number of benzene rings is 2. The van der Waals surface area contributed by atoms with Crippen LogP contribution in [0.1, 0.15) is 5.56 Å². The van der Waals surface area contributed by atoms with Gasteiger partial charge in [0.25, 0.3) is 5.56 Å². The number of aromatic nitrogens is 2. The molecule has 1 fully saturated rings. The average Bonchev–Trinajstić information content (AvgIpc) is 2.76.